The van der Waals surface area contributed by atoms with Crippen LogP contribution in [0.1, 0.15) is 65.2 Å². The highest BCUT2D eigenvalue weighted by Crippen LogP contribution is 2.39. The highest BCUT2D eigenvalue weighted by atomic mass is 16.5. The number of ether oxygens (including phenoxy) is 2. The molecule has 0 aromatic heterocycles. The average molecular weight is 447 g/mol. The van der Waals surface area contributed by atoms with Crippen molar-refractivity contribution >= 4 is 11.9 Å². The minimum Gasteiger partial charge on any atom is -0.466 e. The molecule has 0 bridgehead atoms. The lowest BCUT2D eigenvalue weighted by molar-refractivity contribution is -0.148. The fourth-order valence-corrected chi connectivity index (χ4v) is 4.14. The molecule has 6 nitrogen and oxygen atoms in total. The zero-order chi connectivity index (χ0) is 23.5. The lowest BCUT2D eigenvalue weighted by atomic mass is 9.87. The molecular formula is C26H38O6. The Labute approximate surface area is 192 Å². The number of aliphatic hydroxyl groups excluding tert-OH is 2. The van der Waals surface area contributed by atoms with Crippen molar-refractivity contribution in [3.63, 3.8) is 0 Å². The normalized spacial score (nSPS) is 27.2. The number of methoxy groups -OCH3 is 1. The van der Waals surface area contributed by atoms with E-state index in [2.05, 4.69) is 16.6 Å². The Kier molecular flexibility index (Phi) is 11.0. The van der Waals surface area contributed by atoms with Gasteiger partial charge in [-0.3, -0.25) is 4.79 Å². The quantitative estimate of drug-likeness (QED) is 0.166. The van der Waals surface area contributed by atoms with Crippen LogP contribution < -0.4 is 0 Å². The largest absolute Gasteiger partial charge is 0.466 e. The molecule has 0 radical (unpaired) electrons. The second-order valence-electron chi connectivity index (χ2n) is 9.05. The van der Waals surface area contributed by atoms with Crippen LogP contribution in [0.25, 0.3) is 0 Å². The van der Waals surface area contributed by atoms with Gasteiger partial charge in [-0.15, -0.1) is 5.92 Å². The molecule has 2 aliphatic rings. The second-order valence-corrected chi connectivity index (χ2v) is 9.05. The van der Waals surface area contributed by atoms with Crippen molar-refractivity contribution < 1.29 is 29.3 Å². The molecule has 1 unspecified atom stereocenters. The summed E-state index contributed by atoms with van der Waals surface area (Å²) in [4.78, 5) is 22.7. The van der Waals surface area contributed by atoms with E-state index in [9.17, 15) is 19.8 Å². The van der Waals surface area contributed by atoms with E-state index in [-0.39, 0.29) is 35.8 Å². The summed E-state index contributed by atoms with van der Waals surface area (Å²) in [5.74, 6) is 6.07. The molecule has 2 aliphatic carbocycles. The standard InChI is InChI=1S/C26H38O6/c1-18(9-8-10-20-13-14-20)23(28)16-15-21-22(25(17-24(21)29)32-19(2)27)11-6-4-5-7-12-26(30)31-3/h7,12,15-16,18,20-25,28-29H,4-6,9,11,13-14,17H2,1-3H3/b12-7+,16-15+/t18-,21+,22+,23+,24+,25?/m0/s1. The maximum Gasteiger partial charge on any atom is 0.330 e. The number of carbonyl (C=O) groups is 2. The Hall–Kier alpha value is -2.10. The summed E-state index contributed by atoms with van der Waals surface area (Å²) >= 11 is 0. The number of unbranched alkanes of at least 4 members (excludes halogenated alkanes) is 2. The summed E-state index contributed by atoms with van der Waals surface area (Å²) < 4.78 is 10.1. The minimum absolute atomic E-state index is 0.00750. The van der Waals surface area contributed by atoms with E-state index in [4.69, 9.17) is 4.74 Å². The predicted molar refractivity (Wildman–Crippen MR) is 122 cm³/mol. The molecule has 0 aromatic carbocycles. The highest BCUT2D eigenvalue weighted by Gasteiger charge is 2.42. The summed E-state index contributed by atoms with van der Waals surface area (Å²) in [5, 5.41) is 21.1. The van der Waals surface area contributed by atoms with E-state index in [0.717, 1.165) is 25.7 Å². The summed E-state index contributed by atoms with van der Waals surface area (Å²) in [6.45, 7) is 3.36. The second kappa shape index (κ2) is 13.4. The number of allylic oxidation sites excluding steroid dienone is 1. The third kappa shape index (κ3) is 9.18. The molecule has 0 saturated heterocycles. The van der Waals surface area contributed by atoms with Gasteiger partial charge in [0, 0.05) is 43.6 Å². The summed E-state index contributed by atoms with van der Waals surface area (Å²) in [7, 11) is 1.35. The molecule has 6 heteroatoms. The van der Waals surface area contributed by atoms with E-state index < -0.39 is 12.2 Å². The number of aliphatic hydroxyl groups is 2. The van der Waals surface area contributed by atoms with E-state index in [0.29, 0.717) is 18.8 Å². The van der Waals surface area contributed by atoms with Crippen molar-refractivity contribution in [3.05, 3.63) is 24.3 Å². The molecular weight excluding hydrogens is 408 g/mol. The fraction of sp³-hybridized carbons (Fsp3) is 0.692. The van der Waals surface area contributed by atoms with Gasteiger partial charge in [0.2, 0.25) is 0 Å². The van der Waals surface area contributed by atoms with Crippen LogP contribution in [-0.4, -0.2) is 47.6 Å². The van der Waals surface area contributed by atoms with Gasteiger partial charge in [0.05, 0.1) is 19.3 Å². The summed E-state index contributed by atoms with van der Waals surface area (Å²) in [6.07, 6.45) is 12.0. The van der Waals surface area contributed by atoms with Crippen molar-refractivity contribution in [2.45, 2.75) is 83.5 Å². The van der Waals surface area contributed by atoms with Gasteiger partial charge < -0.3 is 19.7 Å². The third-order valence-electron chi connectivity index (χ3n) is 6.24. The van der Waals surface area contributed by atoms with Crippen molar-refractivity contribution in [2.75, 3.05) is 7.11 Å². The van der Waals surface area contributed by atoms with Crippen LogP contribution in [0.4, 0.5) is 0 Å². The zero-order valence-electron chi connectivity index (χ0n) is 19.5. The molecule has 32 heavy (non-hydrogen) atoms. The van der Waals surface area contributed by atoms with Crippen LogP contribution in [0.15, 0.2) is 24.3 Å². The van der Waals surface area contributed by atoms with Crippen molar-refractivity contribution in [1.29, 1.82) is 0 Å². The highest BCUT2D eigenvalue weighted by molar-refractivity contribution is 5.81. The molecule has 2 saturated carbocycles. The molecule has 0 amide bonds. The van der Waals surface area contributed by atoms with Gasteiger partial charge in [-0.25, -0.2) is 4.79 Å². The lowest BCUT2D eigenvalue weighted by Gasteiger charge is -2.23. The van der Waals surface area contributed by atoms with Crippen LogP contribution >= 0.6 is 0 Å². The van der Waals surface area contributed by atoms with Gasteiger partial charge >= 0.3 is 11.9 Å². The molecule has 0 spiro atoms. The van der Waals surface area contributed by atoms with E-state index >= 15 is 0 Å². The van der Waals surface area contributed by atoms with Gasteiger partial charge in [0.25, 0.3) is 0 Å². The maximum atomic E-state index is 11.5. The van der Waals surface area contributed by atoms with Gasteiger partial charge in [-0.05, 0) is 38.0 Å². The van der Waals surface area contributed by atoms with Crippen LogP contribution in [-0.2, 0) is 19.1 Å². The van der Waals surface area contributed by atoms with E-state index in [1.807, 2.05) is 13.0 Å². The van der Waals surface area contributed by atoms with Crippen LogP contribution in [0.2, 0.25) is 0 Å². The summed E-state index contributed by atoms with van der Waals surface area (Å²) in [6, 6.07) is 0. The Balaban J connectivity index is 1.91. The first-order valence-electron chi connectivity index (χ1n) is 11.8. The fourth-order valence-electron chi connectivity index (χ4n) is 4.14. The van der Waals surface area contributed by atoms with E-state index in [1.165, 1.54) is 33.0 Å². The third-order valence-corrected chi connectivity index (χ3v) is 6.24. The van der Waals surface area contributed by atoms with Crippen LogP contribution in [0, 0.1) is 35.5 Å². The number of rotatable bonds is 11. The molecule has 0 aliphatic heterocycles. The molecule has 178 valence electrons. The van der Waals surface area contributed by atoms with Crippen LogP contribution in [0.5, 0.6) is 0 Å². The van der Waals surface area contributed by atoms with Crippen molar-refractivity contribution in [1.82, 2.24) is 0 Å². The number of hydrogen-bond donors (Lipinski definition) is 2. The van der Waals surface area contributed by atoms with Gasteiger partial charge in [-0.1, -0.05) is 37.5 Å². The average Bonchev–Trinajstić information content (AvgIpc) is 3.52. The van der Waals surface area contributed by atoms with Gasteiger partial charge in [0.1, 0.15) is 6.10 Å². The van der Waals surface area contributed by atoms with Crippen LogP contribution in [0.3, 0.4) is 0 Å². The first kappa shape index (κ1) is 26.2. The van der Waals surface area contributed by atoms with Crippen molar-refractivity contribution in [2.24, 2.45) is 23.7 Å². The van der Waals surface area contributed by atoms with Crippen molar-refractivity contribution in [3.8, 4) is 11.8 Å². The monoisotopic (exact) mass is 446 g/mol. The lowest BCUT2D eigenvalue weighted by Crippen LogP contribution is -2.25. The topological polar surface area (TPSA) is 93.1 Å². The SMILES string of the molecule is COC(=O)/C=C/CCCC[C@H]1C(OC(C)=O)C[C@@H](O)[C@@H]1/C=C/[C@@H](O)[C@@H](C)CC#CC1CC1. The number of esters is 2. The molecule has 2 fully saturated rings. The molecule has 2 N–H and O–H groups in total. The number of carbonyl (C=O) groups excluding carboxylic acids is 2. The van der Waals surface area contributed by atoms with Gasteiger partial charge in [0.15, 0.2) is 0 Å². The predicted octanol–water partition coefficient (Wildman–Crippen LogP) is 3.56. The first-order chi connectivity index (χ1) is 15.3. The van der Waals surface area contributed by atoms with E-state index in [1.54, 1.807) is 12.2 Å². The summed E-state index contributed by atoms with van der Waals surface area (Å²) in [5.41, 5.74) is 0. The first-order valence-corrected chi connectivity index (χ1v) is 11.8. The van der Waals surface area contributed by atoms with Gasteiger partial charge in [-0.2, -0.15) is 0 Å². The zero-order valence-corrected chi connectivity index (χ0v) is 19.5. The molecule has 6 atom stereocenters. The minimum atomic E-state index is -0.632. The Morgan fingerprint density at radius 3 is 2.66 bits per heavy atom. The Bertz CT molecular complexity index is 726. The maximum absolute atomic E-state index is 11.5. The number of hydrogen-bond acceptors (Lipinski definition) is 6. The smallest absolute Gasteiger partial charge is 0.330 e. The Morgan fingerprint density at radius 2 is 2.00 bits per heavy atom. The Morgan fingerprint density at radius 1 is 1.25 bits per heavy atom. The molecule has 0 heterocycles. The molecule has 0 aromatic rings. The molecule has 2 rings (SSSR count).